The maximum atomic E-state index is 13.2. The molecule has 0 unspecified atom stereocenters. The first-order valence-electron chi connectivity index (χ1n) is 7.04. The quantitative estimate of drug-likeness (QED) is 0.665. The minimum Gasteiger partial charge on any atom is -0.491 e. The fourth-order valence-electron chi connectivity index (χ4n) is 2.24. The van der Waals surface area contributed by atoms with Crippen LogP contribution in [0.25, 0.3) is 22.0 Å². The van der Waals surface area contributed by atoms with Gasteiger partial charge in [-0.05, 0) is 35.9 Å². The van der Waals surface area contributed by atoms with Crippen LogP contribution in [0.5, 0.6) is 5.75 Å². The third-order valence-electron chi connectivity index (χ3n) is 3.39. The van der Waals surface area contributed by atoms with Crippen LogP contribution in [0.3, 0.4) is 0 Å². The summed E-state index contributed by atoms with van der Waals surface area (Å²) in [6.45, 7) is 1.09. The van der Waals surface area contributed by atoms with E-state index in [1.54, 1.807) is 19.4 Å². The predicted octanol–water partition coefficient (Wildman–Crippen LogP) is 4.07. The number of fused-ring (bicyclic) bond motifs is 1. The topological polar surface area (TPSA) is 31.4 Å². The van der Waals surface area contributed by atoms with Crippen LogP contribution in [0.15, 0.2) is 54.7 Å². The lowest BCUT2D eigenvalue weighted by Crippen LogP contribution is -2.03. The van der Waals surface area contributed by atoms with Crippen molar-refractivity contribution in [2.24, 2.45) is 0 Å². The van der Waals surface area contributed by atoms with E-state index in [9.17, 15) is 4.39 Å². The Morgan fingerprint density at radius 1 is 0.955 bits per heavy atom. The molecule has 0 fully saturated rings. The van der Waals surface area contributed by atoms with Gasteiger partial charge in [-0.2, -0.15) is 0 Å². The van der Waals surface area contributed by atoms with E-state index in [-0.39, 0.29) is 5.82 Å². The summed E-state index contributed by atoms with van der Waals surface area (Å²) in [7, 11) is 1.64. The average Bonchev–Trinajstić information content (AvgIpc) is 2.55. The Morgan fingerprint density at radius 3 is 2.55 bits per heavy atom. The Bertz CT molecular complexity index is 772. The molecule has 0 saturated carbocycles. The van der Waals surface area contributed by atoms with Gasteiger partial charge in [-0.25, -0.2) is 4.39 Å². The molecule has 0 N–H and O–H groups in total. The van der Waals surface area contributed by atoms with Crippen LogP contribution in [0.1, 0.15) is 0 Å². The lowest BCUT2D eigenvalue weighted by molar-refractivity contribution is 0.146. The highest BCUT2D eigenvalue weighted by molar-refractivity contribution is 5.83. The summed E-state index contributed by atoms with van der Waals surface area (Å²) >= 11 is 0. The lowest BCUT2D eigenvalue weighted by Gasteiger charge is -2.07. The second-order valence-electron chi connectivity index (χ2n) is 4.93. The fraction of sp³-hybridized carbons (Fsp3) is 0.167. The summed E-state index contributed by atoms with van der Waals surface area (Å²) < 4.78 is 23.7. The molecule has 3 rings (SSSR count). The molecule has 0 spiro atoms. The molecular weight excluding hydrogens is 281 g/mol. The largest absolute Gasteiger partial charge is 0.491 e. The number of aromatic nitrogens is 1. The van der Waals surface area contributed by atoms with Gasteiger partial charge in [0, 0.05) is 30.3 Å². The molecular formula is C18H16FNO2. The van der Waals surface area contributed by atoms with Crippen molar-refractivity contribution in [3.05, 3.63) is 60.5 Å². The maximum absolute atomic E-state index is 13.2. The van der Waals surface area contributed by atoms with Gasteiger partial charge in [0.1, 0.15) is 18.2 Å². The number of hydrogen-bond acceptors (Lipinski definition) is 3. The van der Waals surface area contributed by atoms with Gasteiger partial charge in [-0.1, -0.05) is 12.1 Å². The number of ether oxygens (including phenoxy) is 2. The number of nitrogens with zero attached hydrogens (tertiary/aromatic N) is 1. The third-order valence-corrected chi connectivity index (χ3v) is 3.39. The number of rotatable bonds is 5. The third kappa shape index (κ3) is 3.23. The first kappa shape index (κ1) is 14.5. The zero-order valence-corrected chi connectivity index (χ0v) is 12.3. The highest BCUT2D eigenvalue weighted by Crippen LogP contribution is 2.25. The molecule has 1 heterocycles. The first-order chi connectivity index (χ1) is 10.8. The smallest absolute Gasteiger partial charge is 0.125 e. The van der Waals surface area contributed by atoms with Gasteiger partial charge in [0.25, 0.3) is 0 Å². The van der Waals surface area contributed by atoms with Gasteiger partial charge in [0.2, 0.25) is 0 Å². The summed E-state index contributed by atoms with van der Waals surface area (Å²) in [5.74, 6) is 0.530. The summed E-state index contributed by atoms with van der Waals surface area (Å²) in [5, 5.41) is 0.916. The lowest BCUT2D eigenvalue weighted by atomic mass is 10.1. The molecule has 0 amide bonds. The zero-order valence-electron chi connectivity index (χ0n) is 12.3. The van der Waals surface area contributed by atoms with Crippen molar-refractivity contribution < 1.29 is 13.9 Å². The molecule has 0 atom stereocenters. The van der Waals surface area contributed by atoms with E-state index in [1.165, 1.54) is 12.1 Å². The molecule has 2 aromatic carbocycles. The predicted molar refractivity (Wildman–Crippen MR) is 84.5 cm³/mol. The molecule has 1 aromatic heterocycles. The normalized spacial score (nSPS) is 10.8. The van der Waals surface area contributed by atoms with Crippen LogP contribution in [0.4, 0.5) is 4.39 Å². The molecule has 3 nitrogen and oxygen atoms in total. The number of methoxy groups -OCH3 is 1. The minimum absolute atomic E-state index is 0.273. The first-order valence-corrected chi connectivity index (χ1v) is 7.04. The van der Waals surface area contributed by atoms with Crippen LogP contribution in [0.2, 0.25) is 0 Å². The standard InChI is InChI=1S/C18H16FNO2/c1-21-8-9-22-17-6-3-13(4-7-17)15-10-14-2-5-16(19)11-18(14)20-12-15/h2-7,10-12H,8-9H2,1H3. The maximum Gasteiger partial charge on any atom is 0.125 e. The molecule has 0 aliphatic rings. The summed E-state index contributed by atoms with van der Waals surface area (Å²) in [4.78, 5) is 4.31. The van der Waals surface area contributed by atoms with E-state index in [0.29, 0.717) is 18.7 Å². The molecule has 3 aromatic rings. The molecule has 0 bridgehead atoms. The Hall–Kier alpha value is -2.46. The molecule has 4 heteroatoms. The number of pyridine rings is 1. The van der Waals surface area contributed by atoms with Crippen molar-refractivity contribution in [1.29, 1.82) is 0 Å². The molecule has 0 aliphatic heterocycles. The summed E-state index contributed by atoms with van der Waals surface area (Å²) in [6, 6.07) is 14.4. The number of hydrogen-bond donors (Lipinski definition) is 0. The molecule has 22 heavy (non-hydrogen) atoms. The van der Waals surface area contributed by atoms with Crippen LogP contribution in [-0.2, 0) is 4.74 Å². The van der Waals surface area contributed by atoms with Crippen LogP contribution in [-0.4, -0.2) is 25.3 Å². The number of halogens is 1. The van der Waals surface area contributed by atoms with E-state index in [0.717, 1.165) is 22.3 Å². The SMILES string of the molecule is COCCOc1ccc(-c2cnc3cc(F)ccc3c2)cc1. The van der Waals surface area contributed by atoms with Gasteiger partial charge in [-0.15, -0.1) is 0 Å². The van der Waals surface area contributed by atoms with Crippen LogP contribution < -0.4 is 4.74 Å². The van der Waals surface area contributed by atoms with Crippen LogP contribution >= 0.6 is 0 Å². The van der Waals surface area contributed by atoms with E-state index in [2.05, 4.69) is 4.98 Å². The Labute approximate surface area is 128 Å². The van der Waals surface area contributed by atoms with Gasteiger partial charge >= 0.3 is 0 Å². The van der Waals surface area contributed by atoms with Crippen molar-refractivity contribution in [3.63, 3.8) is 0 Å². The summed E-state index contributed by atoms with van der Waals surface area (Å²) in [5.41, 5.74) is 2.68. The van der Waals surface area contributed by atoms with Crippen LogP contribution in [0, 0.1) is 5.82 Å². The average molecular weight is 297 g/mol. The van der Waals surface area contributed by atoms with Crippen molar-refractivity contribution in [2.75, 3.05) is 20.3 Å². The molecule has 0 aliphatic carbocycles. The highest BCUT2D eigenvalue weighted by atomic mass is 19.1. The van der Waals surface area contributed by atoms with E-state index in [1.807, 2.05) is 30.3 Å². The molecule has 0 saturated heterocycles. The highest BCUT2D eigenvalue weighted by Gasteiger charge is 2.03. The van der Waals surface area contributed by atoms with E-state index < -0.39 is 0 Å². The zero-order chi connectivity index (χ0) is 15.4. The van der Waals surface area contributed by atoms with Crippen molar-refractivity contribution >= 4 is 10.9 Å². The Kier molecular flexibility index (Phi) is 4.30. The second-order valence-corrected chi connectivity index (χ2v) is 4.93. The fourth-order valence-corrected chi connectivity index (χ4v) is 2.24. The second kappa shape index (κ2) is 6.54. The monoisotopic (exact) mass is 297 g/mol. The van der Waals surface area contributed by atoms with Gasteiger partial charge in [0.15, 0.2) is 0 Å². The van der Waals surface area contributed by atoms with Crippen molar-refractivity contribution in [3.8, 4) is 16.9 Å². The Morgan fingerprint density at radius 2 is 1.77 bits per heavy atom. The van der Waals surface area contributed by atoms with Gasteiger partial charge in [-0.3, -0.25) is 4.98 Å². The molecule has 112 valence electrons. The summed E-state index contributed by atoms with van der Waals surface area (Å²) in [6.07, 6.45) is 1.75. The van der Waals surface area contributed by atoms with Gasteiger partial charge in [0.05, 0.1) is 12.1 Å². The molecule has 0 radical (unpaired) electrons. The van der Waals surface area contributed by atoms with Gasteiger partial charge < -0.3 is 9.47 Å². The van der Waals surface area contributed by atoms with E-state index in [4.69, 9.17) is 9.47 Å². The van der Waals surface area contributed by atoms with E-state index >= 15 is 0 Å². The minimum atomic E-state index is -0.273. The van der Waals surface area contributed by atoms with Crippen molar-refractivity contribution in [2.45, 2.75) is 0 Å². The van der Waals surface area contributed by atoms with Crippen molar-refractivity contribution in [1.82, 2.24) is 4.98 Å². The Balaban J connectivity index is 1.82. The number of benzene rings is 2.